The third kappa shape index (κ3) is 5.47. The summed E-state index contributed by atoms with van der Waals surface area (Å²) in [4.78, 5) is 32.9. The van der Waals surface area contributed by atoms with E-state index in [4.69, 9.17) is 4.74 Å². The van der Waals surface area contributed by atoms with Gasteiger partial charge in [-0.15, -0.1) is 0 Å². The predicted molar refractivity (Wildman–Crippen MR) is 139 cm³/mol. The summed E-state index contributed by atoms with van der Waals surface area (Å²) in [5, 5.41) is 3.49. The molecule has 2 aromatic rings. The van der Waals surface area contributed by atoms with Crippen molar-refractivity contribution in [3.8, 4) is 0 Å². The van der Waals surface area contributed by atoms with Gasteiger partial charge in [-0.3, -0.25) is 4.79 Å². The monoisotopic (exact) mass is 496 g/mol. The van der Waals surface area contributed by atoms with Gasteiger partial charge in [-0.25, -0.2) is 14.2 Å². The quantitative estimate of drug-likeness (QED) is 0.574. The molecule has 7 nitrogen and oxygen atoms in total. The van der Waals surface area contributed by atoms with Gasteiger partial charge in [0.15, 0.2) is 0 Å². The van der Waals surface area contributed by atoms with Crippen molar-refractivity contribution in [3.63, 3.8) is 0 Å². The van der Waals surface area contributed by atoms with E-state index in [0.717, 1.165) is 24.1 Å². The molecule has 36 heavy (non-hydrogen) atoms. The SMILES string of the molecule is CC(=O)N1c2ccc(C3CCN(C(=O)OC(C)(C)C)CC3)cc2[C@H](Nc2ccc(F)cn2)[C@@H](C)[C@@H]1C. The van der Waals surface area contributed by atoms with Gasteiger partial charge in [-0.2, -0.15) is 0 Å². The molecular formula is C28H37FN4O3. The van der Waals surface area contributed by atoms with E-state index in [1.165, 1.54) is 17.8 Å². The molecule has 2 aliphatic rings. The Morgan fingerprint density at radius 2 is 1.81 bits per heavy atom. The molecule has 1 fully saturated rings. The largest absolute Gasteiger partial charge is 0.444 e. The molecule has 4 rings (SSSR count). The molecule has 0 aliphatic carbocycles. The van der Waals surface area contributed by atoms with Crippen LogP contribution >= 0.6 is 0 Å². The summed E-state index contributed by atoms with van der Waals surface area (Å²) in [6, 6.07) is 9.27. The lowest BCUT2D eigenvalue weighted by Gasteiger charge is -2.44. The summed E-state index contributed by atoms with van der Waals surface area (Å²) in [6.07, 6.45) is 2.63. The maximum Gasteiger partial charge on any atom is 0.410 e. The van der Waals surface area contributed by atoms with E-state index >= 15 is 0 Å². The summed E-state index contributed by atoms with van der Waals surface area (Å²) in [6.45, 7) is 12.7. The van der Waals surface area contributed by atoms with E-state index in [1.54, 1.807) is 17.9 Å². The maximum absolute atomic E-state index is 13.4. The molecular weight excluding hydrogens is 459 g/mol. The lowest BCUT2D eigenvalue weighted by atomic mass is 9.80. The van der Waals surface area contributed by atoms with Crippen LogP contribution in [0.25, 0.3) is 0 Å². The Morgan fingerprint density at radius 3 is 2.39 bits per heavy atom. The second-order valence-corrected chi connectivity index (χ2v) is 11.0. The Kier molecular flexibility index (Phi) is 7.25. The zero-order valence-corrected chi connectivity index (χ0v) is 22.0. The van der Waals surface area contributed by atoms with Gasteiger partial charge >= 0.3 is 6.09 Å². The molecule has 0 unspecified atom stereocenters. The van der Waals surface area contributed by atoms with Crippen LogP contribution in [-0.2, 0) is 9.53 Å². The van der Waals surface area contributed by atoms with Crippen molar-refractivity contribution < 1.29 is 18.7 Å². The minimum atomic E-state index is -0.510. The van der Waals surface area contributed by atoms with Gasteiger partial charge in [0, 0.05) is 37.7 Å². The van der Waals surface area contributed by atoms with Crippen molar-refractivity contribution in [2.24, 2.45) is 5.92 Å². The molecule has 3 atom stereocenters. The van der Waals surface area contributed by atoms with Crippen molar-refractivity contribution in [2.75, 3.05) is 23.3 Å². The van der Waals surface area contributed by atoms with Gasteiger partial charge in [0.25, 0.3) is 0 Å². The van der Waals surface area contributed by atoms with Crippen LogP contribution in [0.2, 0.25) is 0 Å². The number of carbonyl (C=O) groups is 2. The van der Waals surface area contributed by atoms with Crippen LogP contribution in [0, 0.1) is 11.7 Å². The van der Waals surface area contributed by atoms with Crippen LogP contribution in [0.15, 0.2) is 36.5 Å². The summed E-state index contributed by atoms with van der Waals surface area (Å²) < 4.78 is 19.0. The molecule has 1 saturated heterocycles. The Hall–Kier alpha value is -3.16. The molecule has 2 aliphatic heterocycles. The summed E-state index contributed by atoms with van der Waals surface area (Å²) in [5.41, 5.74) is 2.61. The normalized spacial score (nSPS) is 22.7. The Morgan fingerprint density at radius 1 is 1.11 bits per heavy atom. The number of piperidine rings is 1. The number of amides is 2. The van der Waals surface area contributed by atoms with E-state index < -0.39 is 5.60 Å². The van der Waals surface area contributed by atoms with Crippen LogP contribution in [-0.4, -0.2) is 46.6 Å². The smallest absolute Gasteiger partial charge is 0.410 e. The first-order valence-corrected chi connectivity index (χ1v) is 12.7. The molecule has 194 valence electrons. The summed E-state index contributed by atoms with van der Waals surface area (Å²) in [7, 11) is 0. The Balaban J connectivity index is 1.60. The third-order valence-electron chi connectivity index (χ3n) is 7.33. The molecule has 0 radical (unpaired) electrons. The first-order valence-electron chi connectivity index (χ1n) is 12.7. The van der Waals surface area contributed by atoms with E-state index in [-0.39, 0.29) is 35.8 Å². The van der Waals surface area contributed by atoms with Crippen LogP contribution in [0.5, 0.6) is 0 Å². The first-order chi connectivity index (χ1) is 16.9. The van der Waals surface area contributed by atoms with Gasteiger partial charge in [-0.05, 0) is 75.8 Å². The minimum absolute atomic E-state index is 0.00683. The number of pyridine rings is 1. The fourth-order valence-electron chi connectivity index (χ4n) is 5.32. The zero-order chi connectivity index (χ0) is 26.2. The van der Waals surface area contributed by atoms with Gasteiger partial charge in [0.05, 0.1) is 12.2 Å². The van der Waals surface area contributed by atoms with Crippen molar-refractivity contribution >= 4 is 23.5 Å². The lowest BCUT2D eigenvalue weighted by Crippen LogP contribution is -2.48. The Labute approximate surface area is 213 Å². The molecule has 1 aromatic carbocycles. The molecule has 2 amide bonds. The molecule has 1 aromatic heterocycles. The minimum Gasteiger partial charge on any atom is -0.444 e. The highest BCUT2D eigenvalue weighted by Gasteiger charge is 2.39. The molecule has 1 N–H and O–H groups in total. The number of halogens is 1. The van der Waals surface area contributed by atoms with Gasteiger partial charge in [-0.1, -0.05) is 19.1 Å². The molecule has 0 spiro atoms. The van der Waals surface area contributed by atoms with Crippen LogP contribution in [0.1, 0.15) is 77.5 Å². The van der Waals surface area contributed by atoms with Gasteiger partial charge in [0.2, 0.25) is 5.91 Å². The number of rotatable bonds is 3. The number of nitrogens with one attached hydrogen (secondary N) is 1. The van der Waals surface area contributed by atoms with Gasteiger partial charge in [0.1, 0.15) is 17.2 Å². The second-order valence-electron chi connectivity index (χ2n) is 11.0. The fraction of sp³-hybridized carbons (Fsp3) is 0.536. The molecule has 8 heteroatoms. The number of aromatic nitrogens is 1. The molecule has 3 heterocycles. The third-order valence-corrected chi connectivity index (χ3v) is 7.33. The number of nitrogens with zero attached hydrogens (tertiary/aromatic N) is 3. The highest BCUT2D eigenvalue weighted by atomic mass is 19.1. The van der Waals surface area contributed by atoms with Gasteiger partial charge < -0.3 is 19.9 Å². The van der Waals surface area contributed by atoms with E-state index in [9.17, 15) is 14.0 Å². The highest BCUT2D eigenvalue weighted by Crippen LogP contribution is 2.44. The van der Waals surface area contributed by atoms with E-state index in [1.807, 2.05) is 31.7 Å². The maximum atomic E-state index is 13.4. The average Bonchev–Trinajstić information content (AvgIpc) is 2.82. The summed E-state index contributed by atoms with van der Waals surface area (Å²) in [5.74, 6) is 0.622. The first kappa shape index (κ1) is 25.9. The highest BCUT2D eigenvalue weighted by molar-refractivity contribution is 5.94. The number of hydrogen-bond donors (Lipinski definition) is 1. The molecule has 0 bridgehead atoms. The number of likely N-dealkylation sites (tertiary alicyclic amines) is 1. The van der Waals surface area contributed by atoms with E-state index in [0.29, 0.717) is 24.8 Å². The fourth-order valence-corrected chi connectivity index (χ4v) is 5.32. The number of anilines is 2. The number of fused-ring (bicyclic) bond motifs is 1. The second kappa shape index (κ2) is 10.1. The van der Waals surface area contributed by atoms with Crippen LogP contribution < -0.4 is 10.2 Å². The lowest BCUT2D eigenvalue weighted by molar-refractivity contribution is -0.117. The van der Waals surface area contributed by atoms with Crippen molar-refractivity contribution in [1.82, 2.24) is 9.88 Å². The topological polar surface area (TPSA) is 74.8 Å². The summed E-state index contributed by atoms with van der Waals surface area (Å²) >= 11 is 0. The van der Waals surface area contributed by atoms with Crippen LogP contribution in [0.4, 0.5) is 20.7 Å². The average molecular weight is 497 g/mol. The predicted octanol–water partition coefficient (Wildman–Crippen LogP) is 5.88. The number of benzene rings is 1. The molecule has 0 saturated carbocycles. The number of carbonyl (C=O) groups excluding carboxylic acids is 2. The zero-order valence-electron chi connectivity index (χ0n) is 22.0. The number of ether oxygens (including phenoxy) is 1. The standard InChI is InChI=1S/C28H37FN4O3/c1-17-18(2)33(19(3)34)24-9-7-21(15-23(24)26(17)31-25-10-8-22(29)16-30-25)20-11-13-32(14-12-20)27(35)36-28(4,5)6/h7-10,15-18,20,26H,11-14H2,1-6H3,(H,30,31)/t17-,18-,26+/m0/s1. The van der Waals surface area contributed by atoms with Crippen molar-refractivity contribution in [2.45, 2.75) is 78.0 Å². The van der Waals surface area contributed by atoms with Crippen molar-refractivity contribution in [3.05, 3.63) is 53.5 Å². The Bertz CT molecular complexity index is 1110. The van der Waals surface area contributed by atoms with E-state index in [2.05, 4.69) is 36.3 Å². The number of hydrogen-bond acceptors (Lipinski definition) is 5. The van der Waals surface area contributed by atoms with Crippen molar-refractivity contribution in [1.29, 1.82) is 0 Å². The van der Waals surface area contributed by atoms with Crippen LogP contribution in [0.3, 0.4) is 0 Å².